The van der Waals surface area contributed by atoms with Gasteiger partial charge in [0.05, 0.1) is 17.6 Å². The Kier molecular flexibility index (Phi) is 5.89. The van der Waals surface area contributed by atoms with Gasteiger partial charge in [-0.3, -0.25) is 4.79 Å². The minimum Gasteiger partial charge on any atom is -0.345 e. The quantitative estimate of drug-likeness (QED) is 0.671. The summed E-state index contributed by atoms with van der Waals surface area (Å²) in [6.45, 7) is 4.11. The maximum Gasteiger partial charge on any atom is 0.322 e. The Hall–Kier alpha value is -3.46. The Morgan fingerprint density at radius 1 is 1.00 bits per heavy atom. The zero-order valence-corrected chi connectivity index (χ0v) is 17.4. The number of urea groups is 1. The molecule has 9 heteroatoms. The number of carbonyl (C=O) groups excluding carboxylic acids is 2. The molecule has 3 amide bonds. The van der Waals surface area contributed by atoms with Gasteiger partial charge in [0.2, 0.25) is 5.91 Å². The van der Waals surface area contributed by atoms with Crippen molar-refractivity contribution in [2.75, 3.05) is 41.7 Å². The highest BCUT2D eigenvalue weighted by Crippen LogP contribution is 2.28. The fraction of sp³-hybridized carbons (Fsp3) is 0.238. The predicted octanol–water partition coefficient (Wildman–Crippen LogP) is 3.52. The molecule has 2 N–H and O–H groups in total. The Bertz CT molecular complexity index is 1010. The Labute approximate surface area is 178 Å². The van der Waals surface area contributed by atoms with E-state index in [4.69, 9.17) is 4.98 Å². The van der Waals surface area contributed by atoms with Crippen LogP contribution in [0.5, 0.6) is 0 Å². The predicted molar refractivity (Wildman–Crippen MR) is 119 cm³/mol. The number of benzene rings is 1. The molecule has 0 atom stereocenters. The molecular formula is C21H22N6O2S. The Balaban J connectivity index is 1.30. The molecule has 3 heterocycles. The first-order valence-corrected chi connectivity index (χ1v) is 10.5. The summed E-state index contributed by atoms with van der Waals surface area (Å²) >= 11 is 1.63. The summed E-state index contributed by atoms with van der Waals surface area (Å²) in [4.78, 5) is 36.5. The van der Waals surface area contributed by atoms with Gasteiger partial charge in [0, 0.05) is 44.0 Å². The second-order valence-corrected chi connectivity index (χ2v) is 7.74. The molecule has 0 unspecified atom stereocenters. The van der Waals surface area contributed by atoms with E-state index in [1.165, 1.54) is 13.1 Å². The van der Waals surface area contributed by atoms with E-state index in [1.807, 2.05) is 18.2 Å². The lowest BCUT2D eigenvalue weighted by atomic mass is 10.2. The number of amides is 3. The summed E-state index contributed by atoms with van der Waals surface area (Å²) in [5, 5.41) is 8.50. The molecule has 4 rings (SSSR count). The third-order valence-corrected chi connectivity index (χ3v) is 5.62. The average molecular weight is 423 g/mol. The molecule has 1 fully saturated rings. The number of carbonyl (C=O) groups is 2. The normalized spacial score (nSPS) is 13.8. The van der Waals surface area contributed by atoms with Gasteiger partial charge in [-0.05, 0) is 12.1 Å². The van der Waals surface area contributed by atoms with Crippen molar-refractivity contribution in [1.82, 2.24) is 14.9 Å². The van der Waals surface area contributed by atoms with Crippen LogP contribution in [0.1, 0.15) is 6.92 Å². The lowest BCUT2D eigenvalue weighted by Crippen LogP contribution is -2.50. The van der Waals surface area contributed by atoms with Crippen LogP contribution in [0, 0.1) is 0 Å². The molecule has 1 aliphatic heterocycles. The molecule has 0 radical (unpaired) electrons. The topological polar surface area (TPSA) is 90.5 Å². The number of anilines is 3. The van der Waals surface area contributed by atoms with E-state index in [2.05, 4.69) is 38.0 Å². The van der Waals surface area contributed by atoms with Crippen molar-refractivity contribution in [2.45, 2.75) is 6.92 Å². The van der Waals surface area contributed by atoms with Crippen molar-refractivity contribution < 1.29 is 9.59 Å². The number of piperazine rings is 1. The first-order chi connectivity index (χ1) is 14.6. The molecule has 1 aromatic carbocycles. The molecule has 0 saturated carbocycles. The monoisotopic (exact) mass is 422 g/mol. The fourth-order valence-electron chi connectivity index (χ4n) is 3.18. The zero-order valence-electron chi connectivity index (χ0n) is 16.5. The first kappa shape index (κ1) is 19.8. The first-order valence-electron chi connectivity index (χ1n) is 9.64. The number of nitrogens with zero attached hydrogens (tertiary/aromatic N) is 4. The van der Waals surface area contributed by atoms with Crippen LogP contribution in [0.15, 0.2) is 54.0 Å². The Morgan fingerprint density at radius 3 is 2.43 bits per heavy atom. The standard InChI is InChI=1S/C21H22N6O2S/c1-15(28)23-19-8-7-17(13-22-19)24-20(29)26-9-11-27(12-10-26)21-25-18(14-30-21)16-5-3-2-4-6-16/h2-8,13-14H,9-12H2,1H3,(H,24,29)(H,22,23,28). The summed E-state index contributed by atoms with van der Waals surface area (Å²) in [5.41, 5.74) is 2.67. The van der Waals surface area contributed by atoms with E-state index >= 15 is 0 Å². The van der Waals surface area contributed by atoms with Gasteiger partial charge >= 0.3 is 6.03 Å². The summed E-state index contributed by atoms with van der Waals surface area (Å²) in [7, 11) is 0. The number of thiazole rings is 1. The molecule has 30 heavy (non-hydrogen) atoms. The van der Waals surface area contributed by atoms with Gasteiger partial charge in [-0.25, -0.2) is 14.8 Å². The third kappa shape index (κ3) is 4.74. The fourth-order valence-corrected chi connectivity index (χ4v) is 4.07. The van der Waals surface area contributed by atoms with Gasteiger partial charge in [0.1, 0.15) is 5.82 Å². The summed E-state index contributed by atoms with van der Waals surface area (Å²) in [6.07, 6.45) is 1.53. The number of rotatable bonds is 4. The van der Waals surface area contributed by atoms with Crippen LogP contribution in [-0.4, -0.2) is 53.0 Å². The molecule has 0 spiro atoms. The smallest absolute Gasteiger partial charge is 0.322 e. The molecule has 2 aromatic heterocycles. The zero-order chi connectivity index (χ0) is 20.9. The van der Waals surface area contributed by atoms with Crippen LogP contribution < -0.4 is 15.5 Å². The molecule has 154 valence electrons. The van der Waals surface area contributed by atoms with Crippen LogP contribution in [-0.2, 0) is 4.79 Å². The largest absolute Gasteiger partial charge is 0.345 e. The Morgan fingerprint density at radius 2 is 1.77 bits per heavy atom. The minimum absolute atomic E-state index is 0.159. The number of hydrogen-bond acceptors (Lipinski definition) is 6. The number of pyridine rings is 1. The highest BCUT2D eigenvalue weighted by molar-refractivity contribution is 7.14. The van der Waals surface area contributed by atoms with E-state index in [0.717, 1.165) is 29.5 Å². The highest BCUT2D eigenvalue weighted by Gasteiger charge is 2.23. The summed E-state index contributed by atoms with van der Waals surface area (Å²) in [5.74, 6) is 0.265. The van der Waals surface area contributed by atoms with E-state index in [9.17, 15) is 9.59 Å². The van der Waals surface area contributed by atoms with E-state index in [-0.39, 0.29) is 11.9 Å². The van der Waals surface area contributed by atoms with Crippen molar-refractivity contribution in [3.05, 3.63) is 54.0 Å². The van der Waals surface area contributed by atoms with E-state index in [0.29, 0.717) is 24.6 Å². The van der Waals surface area contributed by atoms with Crippen molar-refractivity contribution in [2.24, 2.45) is 0 Å². The molecule has 1 saturated heterocycles. The van der Waals surface area contributed by atoms with Gasteiger partial charge < -0.3 is 20.4 Å². The summed E-state index contributed by atoms with van der Waals surface area (Å²) < 4.78 is 0. The van der Waals surface area contributed by atoms with Gasteiger partial charge in [0.25, 0.3) is 0 Å². The second-order valence-electron chi connectivity index (χ2n) is 6.90. The van der Waals surface area contributed by atoms with E-state index in [1.54, 1.807) is 28.4 Å². The van der Waals surface area contributed by atoms with Crippen molar-refractivity contribution in [1.29, 1.82) is 0 Å². The average Bonchev–Trinajstić information content (AvgIpc) is 3.26. The molecule has 1 aliphatic rings. The molecule has 8 nitrogen and oxygen atoms in total. The summed E-state index contributed by atoms with van der Waals surface area (Å²) in [6, 6.07) is 13.3. The van der Waals surface area contributed by atoms with Gasteiger partial charge in [0.15, 0.2) is 5.13 Å². The highest BCUT2D eigenvalue weighted by atomic mass is 32.1. The minimum atomic E-state index is -0.187. The maximum absolute atomic E-state index is 12.5. The van der Waals surface area contributed by atoms with Crippen LogP contribution in [0.3, 0.4) is 0 Å². The molecule has 0 bridgehead atoms. The van der Waals surface area contributed by atoms with Crippen molar-refractivity contribution in [3.8, 4) is 11.3 Å². The molecule has 3 aromatic rings. The number of aromatic nitrogens is 2. The van der Waals surface area contributed by atoms with Gasteiger partial charge in [-0.15, -0.1) is 11.3 Å². The van der Waals surface area contributed by atoms with Crippen LogP contribution in [0.2, 0.25) is 0 Å². The number of nitrogens with one attached hydrogen (secondary N) is 2. The van der Waals surface area contributed by atoms with Gasteiger partial charge in [-0.2, -0.15) is 0 Å². The maximum atomic E-state index is 12.5. The lowest BCUT2D eigenvalue weighted by molar-refractivity contribution is -0.114. The van der Waals surface area contributed by atoms with Crippen molar-refractivity contribution >= 4 is 39.9 Å². The van der Waals surface area contributed by atoms with Crippen molar-refractivity contribution in [3.63, 3.8) is 0 Å². The molecule has 0 aliphatic carbocycles. The third-order valence-electron chi connectivity index (χ3n) is 4.72. The van der Waals surface area contributed by atoms with E-state index < -0.39 is 0 Å². The van der Waals surface area contributed by atoms with Crippen LogP contribution in [0.25, 0.3) is 11.3 Å². The van der Waals surface area contributed by atoms with Gasteiger partial charge in [-0.1, -0.05) is 30.3 Å². The number of hydrogen-bond donors (Lipinski definition) is 2. The SMILES string of the molecule is CC(=O)Nc1ccc(NC(=O)N2CCN(c3nc(-c4ccccc4)cs3)CC2)cn1. The molecular weight excluding hydrogens is 400 g/mol. The second kappa shape index (κ2) is 8.91. The lowest BCUT2D eigenvalue weighted by Gasteiger charge is -2.34. The van der Waals surface area contributed by atoms with Crippen LogP contribution in [0.4, 0.5) is 21.4 Å². The van der Waals surface area contributed by atoms with Crippen LogP contribution >= 0.6 is 11.3 Å².